The summed E-state index contributed by atoms with van der Waals surface area (Å²) in [5.74, 6) is 1.00. The molecule has 0 fully saturated rings. The van der Waals surface area contributed by atoms with Gasteiger partial charge in [0.05, 0.1) is 13.2 Å². The van der Waals surface area contributed by atoms with Gasteiger partial charge in [0.15, 0.2) is 0 Å². The van der Waals surface area contributed by atoms with Crippen molar-refractivity contribution < 1.29 is 10.2 Å². The van der Waals surface area contributed by atoms with Crippen molar-refractivity contribution in [3.8, 4) is 0 Å². The molecule has 1 aliphatic rings. The Morgan fingerprint density at radius 2 is 1.68 bits per heavy atom. The second kappa shape index (κ2) is 5.69. The van der Waals surface area contributed by atoms with E-state index in [0.717, 1.165) is 16.7 Å². The van der Waals surface area contributed by atoms with Crippen LogP contribution in [0.5, 0.6) is 0 Å². The van der Waals surface area contributed by atoms with E-state index in [4.69, 9.17) is 5.73 Å². The summed E-state index contributed by atoms with van der Waals surface area (Å²) >= 11 is 0. The monoisotopic (exact) mass is 259 g/mol. The Hall–Kier alpha value is -2.11. The molecule has 0 spiro atoms. The molecule has 19 heavy (non-hydrogen) atoms. The van der Waals surface area contributed by atoms with Gasteiger partial charge in [0.2, 0.25) is 0 Å². The van der Waals surface area contributed by atoms with Crippen molar-refractivity contribution in [2.75, 3.05) is 0 Å². The van der Waals surface area contributed by atoms with Crippen LogP contribution in [0.2, 0.25) is 0 Å². The number of aliphatic hydroxyl groups excluding tert-OH is 2. The van der Waals surface area contributed by atoms with E-state index in [1.807, 2.05) is 23.2 Å². The van der Waals surface area contributed by atoms with Crippen LogP contribution < -0.4 is 5.73 Å². The quantitative estimate of drug-likeness (QED) is 0.748. The van der Waals surface area contributed by atoms with Crippen LogP contribution in [0.4, 0.5) is 0 Å². The van der Waals surface area contributed by atoms with Crippen LogP contribution in [0.25, 0.3) is 0 Å². The number of hydrogen-bond donors (Lipinski definition) is 3. The molecule has 2 rings (SSSR count). The Kier molecular flexibility index (Phi) is 3.99. The van der Waals surface area contributed by atoms with Gasteiger partial charge in [-0.2, -0.15) is 0 Å². The Bertz CT molecular complexity index is 527. The molecular formula is C14H17N3O2. The van der Waals surface area contributed by atoms with Crippen molar-refractivity contribution in [2.24, 2.45) is 10.7 Å². The van der Waals surface area contributed by atoms with Crippen LogP contribution in [0, 0.1) is 0 Å². The SMILES string of the molecule is C=C1N=C(N)C=CN1Cc1cc(CO)cc(CO)c1. The van der Waals surface area contributed by atoms with Crippen LogP contribution in [-0.2, 0) is 19.8 Å². The second-order valence-corrected chi connectivity index (χ2v) is 4.37. The van der Waals surface area contributed by atoms with Gasteiger partial charge in [0.1, 0.15) is 11.7 Å². The highest BCUT2D eigenvalue weighted by Gasteiger charge is 2.10. The number of amidine groups is 1. The van der Waals surface area contributed by atoms with Crippen LogP contribution in [0.15, 0.2) is 47.9 Å². The maximum absolute atomic E-state index is 9.21. The summed E-state index contributed by atoms with van der Waals surface area (Å²) in [7, 11) is 0. The molecule has 0 saturated carbocycles. The first-order valence-electron chi connectivity index (χ1n) is 5.93. The number of nitrogens with zero attached hydrogens (tertiary/aromatic N) is 2. The molecule has 0 unspecified atom stereocenters. The Morgan fingerprint density at radius 1 is 1.11 bits per heavy atom. The van der Waals surface area contributed by atoms with Crippen molar-refractivity contribution in [2.45, 2.75) is 19.8 Å². The van der Waals surface area contributed by atoms with Crippen molar-refractivity contribution in [1.29, 1.82) is 0 Å². The average Bonchev–Trinajstić information content (AvgIpc) is 2.41. The zero-order chi connectivity index (χ0) is 13.8. The number of hydrogen-bond acceptors (Lipinski definition) is 5. The Balaban J connectivity index is 2.19. The van der Waals surface area contributed by atoms with E-state index in [9.17, 15) is 10.2 Å². The number of aliphatic imine (C=N–C) groups is 1. The van der Waals surface area contributed by atoms with Crippen LogP contribution in [0.3, 0.4) is 0 Å². The molecule has 0 bridgehead atoms. The first-order valence-corrected chi connectivity index (χ1v) is 5.93. The first kappa shape index (κ1) is 13.3. The molecule has 0 aromatic heterocycles. The van der Waals surface area contributed by atoms with Gasteiger partial charge in [-0.05, 0) is 22.8 Å². The lowest BCUT2D eigenvalue weighted by atomic mass is 10.1. The van der Waals surface area contributed by atoms with E-state index < -0.39 is 0 Å². The predicted molar refractivity (Wildman–Crippen MR) is 73.7 cm³/mol. The highest BCUT2D eigenvalue weighted by molar-refractivity contribution is 5.92. The number of benzene rings is 1. The van der Waals surface area contributed by atoms with Gasteiger partial charge in [0.25, 0.3) is 0 Å². The first-order chi connectivity index (χ1) is 9.12. The van der Waals surface area contributed by atoms with Gasteiger partial charge in [-0.25, -0.2) is 4.99 Å². The highest BCUT2D eigenvalue weighted by atomic mass is 16.3. The third kappa shape index (κ3) is 3.21. The predicted octanol–water partition coefficient (Wildman–Crippen LogP) is 0.829. The minimum atomic E-state index is -0.0529. The van der Waals surface area contributed by atoms with Crippen LogP contribution in [-0.4, -0.2) is 20.9 Å². The lowest BCUT2D eigenvalue weighted by Crippen LogP contribution is -2.22. The van der Waals surface area contributed by atoms with Crippen molar-refractivity contribution in [3.05, 3.63) is 59.6 Å². The lowest BCUT2D eigenvalue weighted by Gasteiger charge is -2.23. The maximum Gasteiger partial charge on any atom is 0.127 e. The smallest absolute Gasteiger partial charge is 0.127 e. The van der Waals surface area contributed by atoms with Crippen LogP contribution >= 0.6 is 0 Å². The largest absolute Gasteiger partial charge is 0.392 e. The minimum Gasteiger partial charge on any atom is -0.392 e. The summed E-state index contributed by atoms with van der Waals surface area (Å²) < 4.78 is 0. The fourth-order valence-corrected chi connectivity index (χ4v) is 1.96. The molecule has 1 heterocycles. The maximum atomic E-state index is 9.21. The third-order valence-electron chi connectivity index (χ3n) is 2.85. The summed E-state index contributed by atoms with van der Waals surface area (Å²) in [6, 6.07) is 5.56. The zero-order valence-corrected chi connectivity index (χ0v) is 10.6. The fraction of sp³-hybridized carbons (Fsp3) is 0.214. The molecule has 1 aromatic carbocycles. The Morgan fingerprint density at radius 3 is 2.21 bits per heavy atom. The molecule has 0 aliphatic carbocycles. The zero-order valence-electron chi connectivity index (χ0n) is 10.6. The summed E-state index contributed by atoms with van der Waals surface area (Å²) in [5.41, 5.74) is 8.10. The van der Waals surface area contributed by atoms with E-state index in [1.54, 1.807) is 12.1 Å². The normalized spacial score (nSPS) is 14.7. The summed E-state index contributed by atoms with van der Waals surface area (Å²) in [4.78, 5) is 5.94. The molecule has 5 heteroatoms. The molecule has 0 radical (unpaired) electrons. The van der Waals surface area contributed by atoms with Gasteiger partial charge in [-0.1, -0.05) is 24.8 Å². The summed E-state index contributed by atoms with van der Waals surface area (Å²) in [5, 5.41) is 18.4. The molecule has 100 valence electrons. The Labute approximate surface area is 112 Å². The molecular weight excluding hydrogens is 242 g/mol. The fourth-order valence-electron chi connectivity index (χ4n) is 1.96. The molecule has 0 amide bonds. The van der Waals surface area contributed by atoms with Gasteiger partial charge < -0.3 is 20.8 Å². The van der Waals surface area contributed by atoms with Crippen molar-refractivity contribution in [3.63, 3.8) is 0 Å². The van der Waals surface area contributed by atoms with E-state index >= 15 is 0 Å². The van der Waals surface area contributed by atoms with Crippen molar-refractivity contribution in [1.82, 2.24) is 4.90 Å². The standard InChI is InChI=1S/C14H17N3O2/c1-10-16-14(15)2-3-17(10)7-11-4-12(8-18)6-13(5-11)9-19/h2-6,18-19H,1,7-9H2,(H2,15,16). The molecule has 1 aromatic rings. The van der Waals surface area contributed by atoms with Crippen LogP contribution in [0.1, 0.15) is 16.7 Å². The van der Waals surface area contributed by atoms with E-state index in [1.165, 1.54) is 0 Å². The third-order valence-corrected chi connectivity index (χ3v) is 2.85. The summed E-state index contributed by atoms with van der Waals surface area (Å²) in [6.45, 7) is 4.29. The molecule has 4 N–H and O–H groups in total. The van der Waals surface area contributed by atoms with Gasteiger partial charge in [0, 0.05) is 12.7 Å². The number of aliphatic hydroxyl groups is 2. The van der Waals surface area contributed by atoms with E-state index in [0.29, 0.717) is 18.2 Å². The van der Waals surface area contributed by atoms with Gasteiger partial charge in [-0.15, -0.1) is 0 Å². The second-order valence-electron chi connectivity index (χ2n) is 4.37. The van der Waals surface area contributed by atoms with Crippen molar-refractivity contribution >= 4 is 5.84 Å². The topological polar surface area (TPSA) is 82.1 Å². The molecule has 0 saturated heterocycles. The minimum absolute atomic E-state index is 0.0529. The molecule has 1 aliphatic heterocycles. The summed E-state index contributed by atoms with van der Waals surface area (Å²) in [6.07, 6.45) is 3.52. The van der Waals surface area contributed by atoms with E-state index in [2.05, 4.69) is 11.6 Å². The number of nitrogens with two attached hydrogens (primary N) is 1. The van der Waals surface area contributed by atoms with E-state index in [-0.39, 0.29) is 13.2 Å². The molecule has 0 atom stereocenters. The number of rotatable bonds is 4. The molecule has 5 nitrogen and oxygen atoms in total. The van der Waals surface area contributed by atoms with Gasteiger partial charge in [-0.3, -0.25) is 0 Å². The highest BCUT2D eigenvalue weighted by Crippen LogP contribution is 2.17. The lowest BCUT2D eigenvalue weighted by molar-refractivity contribution is 0.275. The average molecular weight is 259 g/mol. The van der Waals surface area contributed by atoms with Gasteiger partial charge >= 0.3 is 0 Å².